The number of phenolic OH excluding ortho intramolecular Hbond substituents is 1. The number of benzene rings is 1. The van der Waals surface area contributed by atoms with E-state index in [0.29, 0.717) is 0 Å². The van der Waals surface area contributed by atoms with Gasteiger partial charge in [0.15, 0.2) is 0 Å². The summed E-state index contributed by atoms with van der Waals surface area (Å²) in [6.07, 6.45) is 1.19. The van der Waals surface area contributed by atoms with Gasteiger partial charge in [-0.3, -0.25) is 10.2 Å². The predicted molar refractivity (Wildman–Crippen MR) is 108 cm³/mol. The first-order valence-electron chi connectivity index (χ1n) is 8.39. The Morgan fingerprint density at radius 3 is 2.67 bits per heavy atom. The molecular formula is C18H18ClFN6O4. The molecule has 1 atom stereocenters. The van der Waals surface area contributed by atoms with Crippen molar-refractivity contribution in [3.8, 4) is 22.9 Å². The Bertz CT molecular complexity index is 1060. The zero-order chi connectivity index (χ0) is 22.6. The number of nitrogens with zero attached hydrogens (tertiary/aromatic N) is 3. The van der Waals surface area contributed by atoms with Crippen LogP contribution in [-0.2, 0) is 0 Å². The molecule has 0 fully saturated rings. The fourth-order valence-corrected chi connectivity index (χ4v) is 2.65. The number of aromatic hydroxyl groups is 1. The largest absolute Gasteiger partial charge is 0.507 e. The highest BCUT2D eigenvalue weighted by Gasteiger charge is 2.22. The molecule has 1 heterocycles. The van der Waals surface area contributed by atoms with Gasteiger partial charge in [-0.15, -0.1) is 0 Å². The summed E-state index contributed by atoms with van der Waals surface area (Å²) in [6.45, 7) is 2.87. The number of nitroso groups, excluding NO2 is 1. The second-order valence-electron chi connectivity index (χ2n) is 6.11. The lowest BCUT2D eigenvalue weighted by Crippen LogP contribution is -2.28. The van der Waals surface area contributed by atoms with Gasteiger partial charge in [-0.1, -0.05) is 16.8 Å². The highest BCUT2D eigenvalue weighted by Crippen LogP contribution is 2.31. The molecule has 2 aromatic rings. The second-order valence-corrected chi connectivity index (χ2v) is 6.48. The smallest absolute Gasteiger partial charge is 0.259 e. The number of halogens is 2. The van der Waals surface area contributed by atoms with Crippen LogP contribution in [0.5, 0.6) is 11.6 Å². The molecule has 2 rings (SSSR count). The van der Waals surface area contributed by atoms with E-state index in [1.165, 1.54) is 27.2 Å². The second kappa shape index (κ2) is 9.27. The molecule has 5 N–H and O–H groups in total. The molecule has 0 spiro atoms. The summed E-state index contributed by atoms with van der Waals surface area (Å²) in [7, 11) is 1.33. The van der Waals surface area contributed by atoms with Crippen LogP contribution < -0.4 is 15.8 Å². The molecule has 1 unspecified atom stereocenters. The highest BCUT2D eigenvalue weighted by atomic mass is 35.5. The molecule has 0 radical (unpaired) electrons. The minimum Gasteiger partial charge on any atom is -0.507 e. The predicted octanol–water partition coefficient (Wildman–Crippen LogP) is 2.96. The lowest BCUT2D eigenvalue weighted by atomic mass is 10.1. The summed E-state index contributed by atoms with van der Waals surface area (Å²) in [5.74, 6) is -2.35. The zero-order valence-electron chi connectivity index (χ0n) is 16.2. The summed E-state index contributed by atoms with van der Waals surface area (Å²) in [5, 5.41) is 22.2. The molecule has 0 bridgehead atoms. The first kappa shape index (κ1) is 22.7. The Labute approximate surface area is 175 Å². The number of hydrogen-bond acceptors (Lipinski definition) is 9. The van der Waals surface area contributed by atoms with Crippen LogP contribution in [0.1, 0.15) is 35.9 Å². The third-order valence-corrected chi connectivity index (χ3v) is 4.16. The molecule has 12 heteroatoms. The standard InChI is InChI=1S/C18H18ClFN6O4/c1-7(21)14(16(19)22)25-17(28)10-4-11(20)9(5-13(10)27)12-6-23-18(30-3)15(24-12)8(2)26-29/h4-6,8,22,27H,21H2,1-3H3,(H,25,28). The molecular weight excluding hydrogens is 419 g/mol. The minimum absolute atomic E-state index is 0.0121. The molecule has 1 aromatic carbocycles. The van der Waals surface area contributed by atoms with Crippen molar-refractivity contribution in [1.82, 2.24) is 15.3 Å². The van der Waals surface area contributed by atoms with Crippen LogP contribution >= 0.6 is 11.6 Å². The van der Waals surface area contributed by atoms with Gasteiger partial charge in [0.25, 0.3) is 5.91 Å². The van der Waals surface area contributed by atoms with E-state index in [0.717, 1.165) is 12.1 Å². The van der Waals surface area contributed by atoms with Crippen molar-refractivity contribution < 1.29 is 19.0 Å². The number of amides is 1. The van der Waals surface area contributed by atoms with Crippen molar-refractivity contribution in [3.05, 3.63) is 51.7 Å². The van der Waals surface area contributed by atoms with Gasteiger partial charge in [0.2, 0.25) is 5.88 Å². The first-order valence-corrected chi connectivity index (χ1v) is 8.76. The van der Waals surface area contributed by atoms with E-state index >= 15 is 0 Å². The van der Waals surface area contributed by atoms with Gasteiger partial charge in [0.1, 0.15) is 28.5 Å². The molecule has 0 saturated heterocycles. The SMILES string of the molecule is COc1ncc(-c2cc(O)c(C(=O)NC(C(=N)Cl)=C(C)N)cc2F)nc1C(C)N=O. The molecule has 158 valence electrons. The minimum atomic E-state index is -0.927. The number of allylic oxidation sites excluding steroid dienone is 2. The van der Waals surface area contributed by atoms with Gasteiger partial charge in [-0.2, -0.15) is 4.91 Å². The van der Waals surface area contributed by atoms with E-state index in [1.54, 1.807) is 0 Å². The summed E-state index contributed by atoms with van der Waals surface area (Å²) < 4.78 is 19.8. The maximum Gasteiger partial charge on any atom is 0.259 e. The third-order valence-electron chi connectivity index (χ3n) is 3.97. The molecule has 0 aliphatic heterocycles. The summed E-state index contributed by atoms with van der Waals surface area (Å²) >= 11 is 5.56. The third kappa shape index (κ3) is 4.69. The molecule has 0 aliphatic rings. The number of phenols is 1. The van der Waals surface area contributed by atoms with Crippen molar-refractivity contribution in [2.75, 3.05) is 7.11 Å². The summed E-state index contributed by atoms with van der Waals surface area (Å²) in [5.41, 5.74) is 4.91. The number of nitrogens with two attached hydrogens (primary N) is 1. The lowest BCUT2D eigenvalue weighted by Gasteiger charge is -2.13. The number of methoxy groups -OCH3 is 1. The van der Waals surface area contributed by atoms with Crippen LogP contribution in [0.15, 0.2) is 34.9 Å². The average Bonchev–Trinajstić information content (AvgIpc) is 2.71. The molecule has 30 heavy (non-hydrogen) atoms. The number of ether oxygens (including phenoxy) is 1. The van der Waals surface area contributed by atoms with E-state index < -0.39 is 34.3 Å². The van der Waals surface area contributed by atoms with Crippen LogP contribution in [0.3, 0.4) is 0 Å². The van der Waals surface area contributed by atoms with Crippen LogP contribution in [0.25, 0.3) is 11.3 Å². The van der Waals surface area contributed by atoms with E-state index in [-0.39, 0.29) is 34.2 Å². The van der Waals surface area contributed by atoms with E-state index in [9.17, 15) is 19.2 Å². The van der Waals surface area contributed by atoms with E-state index in [1.807, 2.05) is 0 Å². The molecule has 1 amide bonds. The van der Waals surface area contributed by atoms with Crippen LogP contribution in [0.2, 0.25) is 0 Å². The maximum atomic E-state index is 14.7. The van der Waals surface area contributed by atoms with Crippen molar-refractivity contribution in [1.29, 1.82) is 5.41 Å². The molecule has 1 aromatic heterocycles. The Hall–Kier alpha value is -3.60. The molecule has 0 aliphatic carbocycles. The van der Waals surface area contributed by atoms with Crippen LogP contribution in [0.4, 0.5) is 4.39 Å². The summed E-state index contributed by atoms with van der Waals surface area (Å²) in [6, 6.07) is 0.854. The average molecular weight is 437 g/mol. The van der Waals surface area contributed by atoms with Crippen LogP contribution in [0, 0.1) is 16.1 Å². The number of carbonyl (C=O) groups excluding carboxylic acids is 1. The number of rotatable bonds is 7. The number of hydrogen-bond donors (Lipinski definition) is 4. The molecule has 10 nitrogen and oxygen atoms in total. The Kier molecular flexibility index (Phi) is 7.01. The van der Waals surface area contributed by atoms with Crippen molar-refractivity contribution in [3.63, 3.8) is 0 Å². The van der Waals surface area contributed by atoms with Gasteiger partial charge in [0, 0.05) is 11.3 Å². The quantitative estimate of drug-likeness (QED) is 0.382. The highest BCUT2D eigenvalue weighted by molar-refractivity contribution is 6.68. The topological polar surface area (TPSA) is 164 Å². The number of aromatic nitrogens is 2. The van der Waals surface area contributed by atoms with Crippen molar-refractivity contribution in [2.45, 2.75) is 19.9 Å². The van der Waals surface area contributed by atoms with Crippen LogP contribution in [-0.4, -0.2) is 33.3 Å². The lowest BCUT2D eigenvalue weighted by molar-refractivity contribution is 0.0964. The van der Waals surface area contributed by atoms with Gasteiger partial charge < -0.3 is 20.9 Å². The zero-order valence-corrected chi connectivity index (χ0v) is 16.9. The Balaban J connectivity index is 2.49. The normalized spacial score (nSPS) is 12.6. The van der Waals surface area contributed by atoms with Crippen molar-refractivity contribution in [2.24, 2.45) is 10.9 Å². The Morgan fingerprint density at radius 1 is 1.47 bits per heavy atom. The number of nitrogens with one attached hydrogen (secondary N) is 2. The fourth-order valence-electron chi connectivity index (χ4n) is 2.45. The maximum absolute atomic E-state index is 14.7. The van der Waals surface area contributed by atoms with Crippen molar-refractivity contribution >= 4 is 22.7 Å². The first-order chi connectivity index (χ1) is 14.1. The van der Waals surface area contributed by atoms with Gasteiger partial charge >= 0.3 is 0 Å². The van der Waals surface area contributed by atoms with Gasteiger partial charge in [-0.05, 0) is 26.0 Å². The van der Waals surface area contributed by atoms with Gasteiger partial charge in [0.05, 0.1) is 30.3 Å². The number of carbonyl (C=O) groups is 1. The molecule has 0 saturated carbocycles. The van der Waals surface area contributed by atoms with E-state index in [2.05, 4.69) is 20.5 Å². The monoisotopic (exact) mass is 436 g/mol. The summed E-state index contributed by atoms with van der Waals surface area (Å²) in [4.78, 5) is 31.4. The fraction of sp³-hybridized carbons (Fsp3) is 0.222. The van der Waals surface area contributed by atoms with E-state index in [4.69, 9.17) is 27.5 Å². The van der Waals surface area contributed by atoms with Gasteiger partial charge in [-0.25, -0.2) is 14.4 Å². The Morgan fingerprint density at radius 2 is 2.13 bits per heavy atom.